The van der Waals surface area contributed by atoms with Crippen LogP contribution in [0, 0.1) is 0 Å². The Labute approximate surface area is 172 Å². The maximum atomic E-state index is 12.3. The number of aromatic nitrogens is 1. The number of hydrogen-bond donors (Lipinski definition) is 2. The number of ether oxygens (including phenoxy) is 1. The van der Waals surface area contributed by atoms with Crippen molar-refractivity contribution >= 4 is 33.3 Å². The van der Waals surface area contributed by atoms with Gasteiger partial charge < -0.3 is 15.4 Å². The number of carbonyl (C=O) groups is 1. The molecule has 1 saturated carbocycles. The van der Waals surface area contributed by atoms with E-state index in [0.29, 0.717) is 11.7 Å². The number of urea groups is 1. The van der Waals surface area contributed by atoms with Gasteiger partial charge in [-0.2, -0.15) is 0 Å². The summed E-state index contributed by atoms with van der Waals surface area (Å²) in [5, 5.41) is 7.92. The minimum atomic E-state index is -0.184. The van der Waals surface area contributed by atoms with Gasteiger partial charge in [-0.1, -0.05) is 30.3 Å². The maximum absolute atomic E-state index is 12.3. The summed E-state index contributed by atoms with van der Waals surface area (Å²) >= 11 is 1.60. The molecular formula is C23H19N3O2S. The van der Waals surface area contributed by atoms with Crippen molar-refractivity contribution in [2.75, 3.05) is 5.32 Å². The van der Waals surface area contributed by atoms with Crippen LogP contribution in [0.3, 0.4) is 0 Å². The molecule has 1 fully saturated rings. The predicted octanol–water partition coefficient (Wildman–Crippen LogP) is 5.77. The highest BCUT2D eigenvalue weighted by molar-refractivity contribution is 7.17. The standard InChI is InChI=1S/C23H19N3O2S/c27-23(26-20-14-18(20)15-4-2-1-3-5-15)25-16-6-8-17(9-7-16)28-21-10-12-24-19-11-13-29-22(19)21/h1-13,18,20H,14H2,(H2,25,26,27). The SMILES string of the molecule is O=C(Nc1ccc(Oc2ccnc3ccsc23)cc1)NC1CC1c1ccccc1. The maximum Gasteiger partial charge on any atom is 0.319 e. The number of nitrogens with one attached hydrogen (secondary N) is 2. The van der Waals surface area contributed by atoms with Crippen LogP contribution in [0.1, 0.15) is 17.9 Å². The summed E-state index contributed by atoms with van der Waals surface area (Å²) in [7, 11) is 0. The molecular weight excluding hydrogens is 382 g/mol. The van der Waals surface area contributed by atoms with Crippen LogP contribution in [0.15, 0.2) is 78.3 Å². The van der Waals surface area contributed by atoms with Crippen molar-refractivity contribution in [1.82, 2.24) is 10.3 Å². The average Bonchev–Trinajstić information content (AvgIpc) is 3.32. The molecule has 0 radical (unpaired) electrons. The van der Waals surface area contributed by atoms with Gasteiger partial charge in [0, 0.05) is 29.9 Å². The minimum Gasteiger partial charge on any atom is -0.456 e. The molecule has 0 bridgehead atoms. The number of rotatable bonds is 5. The van der Waals surface area contributed by atoms with Crippen LogP contribution in [-0.2, 0) is 0 Å². The van der Waals surface area contributed by atoms with E-state index in [9.17, 15) is 4.79 Å². The molecule has 5 rings (SSSR count). The smallest absolute Gasteiger partial charge is 0.319 e. The van der Waals surface area contributed by atoms with Gasteiger partial charge in [0.1, 0.15) is 11.5 Å². The number of nitrogens with zero attached hydrogens (tertiary/aromatic N) is 1. The summed E-state index contributed by atoms with van der Waals surface area (Å²) in [6, 6.07) is 21.5. The van der Waals surface area contributed by atoms with Crippen LogP contribution in [0.4, 0.5) is 10.5 Å². The molecule has 2 atom stereocenters. The van der Waals surface area contributed by atoms with Crippen LogP contribution in [0.5, 0.6) is 11.5 Å². The van der Waals surface area contributed by atoms with E-state index >= 15 is 0 Å². The predicted molar refractivity (Wildman–Crippen MR) is 116 cm³/mol. The molecule has 2 unspecified atom stereocenters. The molecule has 2 aromatic heterocycles. The van der Waals surface area contributed by atoms with Crippen LogP contribution in [0.2, 0.25) is 0 Å². The van der Waals surface area contributed by atoms with Gasteiger partial charge in [-0.3, -0.25) is 4.98 Å². The lowest BCUT2D eigenvalue weighted by Gasteiger charge is -2.10. The summed E-state index contributed by atoms with van der Waals surface area (Å²) in [5.74, 6) is 1.90. The van der Waals surface area contributed by atoms with E-state index in [-0.39, 0.29) is 12.1 Å². The van der Waals surface area contributed by atoms with Gasteiger partial charge in [0.05, 0.1) is 10.2 Å². The van der Waals surface area contributed by atoms with Crippen molar-refractivity contribution in [2.24, 2.45) is 0 Å². The minimum absolute atomic E-state index is 0.184. The van der Waals surface area contributed by atoms with Crippen LogP contribution < -0.4 is 15.4 Å². The molecule has 2 amide bonds. The Morgan fingerprint density at radius 1 is 1.03 bits per heavy atom. The second-order valence-corrected chi connectivity index (χ2v) is 7.94. The topological polar surface area (TPSA) is 63.2 Å². The Bertz CT molecular complexity index is 1140. The number of pyridine rings is 1. The zero-order valence-electron chi connectivity index (χ0n) is 15.5. The molecule has 2 aromatic carbocycles. The van der Waals surface area contributed by atoms with Gasteiger partial charge in [-0.25, -0.2) is 4.79 Å². The number of carbonyl (C=O) groups excluding carboxylic acids is 1. The quantitative estimate of drug-likeness (QED) is 0.446. The van der Waals surface area contributed by atoms with Gasteiger partial charge >= 0.3 is 6.03 Å². The van der Waals surface area contributed by atoms with Gasteiger partial charge in [0.2, 0.25) is 0 Å². The molecule has 4 aromatic rings. The molecule has 6 heteroatoms. The van der Waals surface area contributed by atoms with Crippen LogP contribution >= 0.6 is 11.3 Å². The van der Waals surface area contributed by atoms with E-state index in [1.807, 2.05) is 60.0 Å². The number of benzene rings is 2. The van der Waals surface area contributed by atoms with E-state index in [0.717, 1.165) is 28.1 Å². The molecule has 5 nitrogen and oxygen atoms in total. The first-order chi connectivity index (χ1) is 14.3. The first-order valence-electron chi connectivity index (χ1n) is 9.49. The van der Waals surface area contributed by atoms with E-state index in [1.165, 1.54) is 5.56 Å². The molecule has 0 spiro atoms. The van der Waals surface area contributed by atoms with Crippen molar-refractivity contribution in [3.8, 4) is 11.5 Å². The van der Waals surface area contributed by atoms with Gasteiger partial charge in [-0.05, 0) is 47.7 Å². The Morgan fingerprint density at radius 2 is 1.86 bits per heavy atom. The number of thiophene rings is 1. The van der Waals surface area contributed by atoms with Crippen molar-refractivity contribution in [2.45, 2.75) is 18.4 Å². The molecule has 2 N–H and O–H groups in total. The number of anilines is 1. The fourth-order valence-corrected chi connectivity index (χ4v) is 4.22. The highest BCUT2D eigenvalue weighted by atomic mass is 32.1. The van der Waals surface area contributed by atoms with E-state index < -0.39 is 0 Å². The second-order valence-electron chi connectivity index (χ2n) is 7.03. The molecule has 1 aliphatic rings. The Hall–Kier alpha value is -3.38. The Balaban J connectivity index is 1.18. The summed E-state index contributed by atoms with van der Waals surface area (Å²) in [6.45, 7) is 0. The van der Waals surface area contributed by atoms with Gasteiger partial charge in [0.25, 0.3) is 0 Å². The lowest BCUT2D eigenvalue weighted by Crippen LogP contribution is -2.31. The van der Waals surface area contributed by atoms with Crippen molar-refractivity contribution in [3.05, 3.63) is 83.9 Å². The molecule has 29 heavy (non-hydrogen) atoms. The number of hydrogen-bond acceptors (Lipinski definition) is 4. The fourth-order valence-electron chi connectivity index (χ4n) is 3.42. The molecule has 1 aliphatic carbocycles. The van der Waals surface area contributed by atoms with Gasteiger partial charge in [-0.15, -0.1) is 11.3 Å². The lowest BCUT2D eigenvalue weighted by atomic mass is 10.1. The zero-order valence-corrected chi connectivity index (χ0v) is 16.4. The molecule has 0 aliphatic heterocycles. The van der Waals surface area contributed by atoms with E-state index in [1.54, 1.807) is 17.5 Å². The van der Waals surface area contributed by atoms with Crippen molar-refractivity contribution in [3.63, 3.8) is 0 Å². The number of fused-ring (bicyclic) bond motifs is 1. The van der Waals surface area contributed by atoms with Gasteiger partial charge in [0.15, 0.2) is 0 Å². The summed E-state index contributed by atoms with van der Waals surface area (Å²) < 4.78 is 7.01. The van der Waals surface area contributed by atoms with Crippen molar-refractivity contribution in [1.29, 1.82) is 0 Å². The third-order valence-corrected chi connectivity index (χ3v) is 5.90. The zero-order chi connectivity index (χ0) is 19.6. The van der Waals surface area contributed by atoms with Crippen molar-refractivity contribution < 1.29 is 9.53 Å². The average molecular weight is 401 g/mol. The summed E-state index contributed by atoms with van der Waals surface area (Å²) in [6.07, 6.45) is 2.72. The second kappa shape index (κ2) is 7.56. The van der Waals surface area contributed by atoms with Crippen LogP contribution in [-0.4, -0.2) is 17.1 Å². The number of amides is 2. The first kappa shape index (κ1) is 17.7. The normalized spacial score (nSPS) is 17.7. The van der Waals surface area contributed by atoms with E-state index in [4.69, 9.17) is 4.74 Å². The highest BCUT2D eigenvalue weighted by Crippen LogP contribution is 2.40. The third-order valence-electron chi connectivity index (χ3n) is 4.98. The summed E-state index contributed by atoms with van der Waals surface area (Å²) in [4.78, 5) is 16.6. The Morgan fingerprint density at radius 3 is 2.69 bits per heavy atom. The molecule has 2 heterocycles. The Kier molecular flexibility index (Phi) is 4.62. The van der Waals surface area contributed by atoms with E-state index in [2.05, 4.69) is 27.8 Å². The van der Waals surface area contributed by atoms with Crippen LogP contribution in [0.25, 0.3) is 10.2 Å². The highest BCUT2D eigenvalue weighted by Gasteiger charge is 2.39. The molecule has 144 valence electrons. The lowest BCUT2D eigenvalue weighted by molar-refractivity contribution is 0.251. The third kappa shape index (κ3) is 3.93. The largest absolute Gasteiger partial charge is 0.456 e. The fraction of sp³-hybridized carbons (Fsp3) is 0.130. The molecule has 0 saturated heterocycles. The summed E-state index contributed by atoms with van der Waals surface area (Å²) in [5.41, 5.74) is 2.93. The monoisotopic (exact) mass is 401 g/mol. The first-order valence-corrected chi connectivity index (χ1v) is 10.4.